The van der Waals surface area contributed by atoms with Crippen molar-refractivity contribution >= 4 is 34.9 Å². The number of nitrogens with zero attached hydrogens (tertiary/aromatic N) is 5. The van der Waals surface area contributed by atoms with E-state index >= 15 is 0 Å². The zero-order valence-electron chi connectivity index (χ0n) is 17.4. The minimum absolute atomic E-state index is 0.0305. The topological polar surface area (TPSA) is 146 Å². The molecule has 0 radical (unpaired) electrons. The standard InChI is InChI=1S/C23H16N6O5/c30-23(25-17-10-12-19(13-11-17)28(31)32)22-20(15-27(26-22)18-7-2-1-3-8-18)24-14-16-6-4-5-9-21(16)29(33)34/h1-15H,(H,25,30). The molecule has 11 heteroatoms. The second-order valence-electron chi connectivity index (χ2n) is 6.98. The third kappa shape index (κ3) is 4.83. The van der Waals surface area contributed by atoms with Crippen LogP contribution in [0.1, 0.15) is 16.1 Å². The number of hydrogen-bond acceptors (Lipinski definition) is 7. The molecular weight excluding hydrogens is 440 g/mol. The van der Waals surface area contributed by atoms with E-state index in [2.05, 4.69) is 15.4 Å². The number of carbonyl (C=O) groups is 1. The molecule has 168 valence electrons. The van der Waals surface area contributed by atoms with E-state index in [1.54, 1.807) is 30.3 Å². The molecule has 11 nitrogen and oxygen atoms in total. The van der Waals surface area contributed by atoms with Gasteiger partial charge in [0.15, 0.2) is 5.69 Å². The van der Waals surface area contributed by atoms with Gasteiger partial charge in [-0.1, -0.05) is 30.3 Å². The van der Waals surface area contributed by atoms with Gasteiger partial charge in [-0.3, -0.25) is 30.0 Å². The fourth-order valence-corrected chi connectivity index (χ4v) is 3.09. The summed E-state index contributed by atoms with van der Waals surface area (Å²) in [5, 5.41) is 29.1. The van der Waals surface area contributed by atoms with Crippen LogP contribution < -0.4 is 5.32 Å². The first-order chi connectivity index (χ1) is 16.4. The first kappa shape index (κ1) is 22.0. The second-order valence-corrected chi connectivity index (χ2v) is 6.98. The maximum absolute atomic E-state index is 13.0. The third-order valence-electron chi connectivity index (χ3n) is 4.74. The van der Waals surface area contributed by atoms with Crippen LogP contribution in [0.25, 0.3) is 5.69 Å². The summed E-state index contributed by atoms with van der Waals surface area (Å²) in [7, 11) is 0. The van der Waals surface area contributed by atoms with E-state index in [1.807, 2.05) is 18.2 Å². The first-order valence-corrected chi connectivity index (χ1v) is 9.91. The Morgan fingerprint density at radius 1 is 0.912 bits per heavy atom. The molecule has 4 aromatic rings. The highest BCUT2D eigenvalue weighted by Crippen LogP contribution is 2.24. The maximum Gasteiger partial charge on any atom is 0.278 e. The molecule has 3 aromatic carbocycles. The Morgan fingerprint density at radius 3 is 2.26 bits per heavy atom. The number of rotatable bonds is 7. The van der Waals surface area contributed by atoms with Crippen molar-refractivity contribution in [1.82, 2.24) is 9.78 Å². The van der Waals surface area contributed by atoms with Crippen LogP contribution in [0.5, 0.6) is 0 Å². The summed E-state index contributed by atoms with van der Waals surface area (Å²) in [6, 6.07) is 20.5. The number of aromatic nitrogens is 2. The number of nitro benzene ring substituents is 2. The lowest BCUT2D eigenvalue weighted by atomic mass is 10.2. The van der Waals surface area contributed by atoms with Gasteiger partial charge < -0.3 is 5.32 Å². The van der Waals surface area contributed by atoms with Crippen LogP contribution in [-0.4, -0.2) is 31.7 Å². The van der Waals surface area contributed by atoms with Gasteiger partial charge in [-0.2, -0.15) is 5.10 Å². The molecule has 0 fully saturated rings. The highest BCUT2D eigenvalue weighted by molar-refractivity contribution is 6.06. The van der Waals surface area contributed by atoms with Crippen LogP contribution >= 0.6 is 0 Å². The molecule has 1 aromatic heterocycles. The fraction of sp³-hybridized carbons (Fsp3) is 0. The molecule has 0 spiro atoms. The summed E-state index contributed by atoms with van der Waals surface area (Å²) < 4.78 is 1.47. The van der Waals surface area contributed by atoms with E-state index in [9.17, 15) is 25.0 Å². The van der Waals surface area contributed by atoms with Crippen LogP contribution in [0, 0.1) is 20.2 Å². The van der Waals surface area contributed by atoms with Crippen molar-refractivity contribution in [2.45, 2.75) is 0 Å². The minimum Gasteiger partial charge on any atom is -0.321 e. The molecule has 34 heavy (non-hydrogen) atoms. The van der Waals surface area contributed by atoms with Crippen molar-refractivity contribution in [3.63, 3.8) is 0 Å². The summed E-state index contributed by atoms with van der Waals surface area (Å²) in [5.41, 5.74) is 1.19. The average Bonchev–Trinajstić information content (AvgIpc) is 3.28. The quantitative estimate of drug-likeness (QED) is 0.242. The molecule has 1 amide bonds. The Kier molecular flexibility index (Phi) is 6.17. The third-order valence-corrected chi connectivity index (χ3v) is 4.74. The Hall–Kier alpha value is -5.19. The molecule has 0 bridgehead atoms. The normalized spacial score (nSPS) is 10.8. The molecular formula is C23H16N6O5. The zero-order valence-corrected chi connectivity index (χ0v) is 17.4. The van der Waals surface area contributed by atoms with E-state index < -0.39 is 15.8 Å². The van der Waals surface area contributed by atoms with Crippen molar-refractivity contribution in [2.75, 3.05) is 5.32 Å². The number of carbonyl (C=O) groups excluding carboxylic acids is 1. The van der Waals surface area contributed by atoms with Gasteiger partial charge in [-0.15, -0.1) is 0 Å². The van der Waals surface area contributed by atoms with E-state index in [-0.39, 0.29) is 28.3 Å². The lowest BCUT2D eigenvalue weighted by Gasteiger charge is -2.04. The molecule has 0 atom stereocenters. The van der Waals surface area contributed by atoms with Crippen molar-refractivity contribution in [2.24, 2.45) is 4.99 Å². The number of nitro groups is 2. The number of para-hydroxylation sites is 2. The number of amides is 1. The SMILES string of the molecule is O=C(Nc1ccc([N+](=O)[O-])cc1)c1nn(-c2ccccc2)cc1N=Cc1ccccc1[N+](=O)[O-]. The van der Waals surface area contributed by atoms with Gasteiger partial charge >= 0.3 is 0 Å². The van der Waals surface area contributed by atoms with E-state index in [4.69, 9.17) is 0 Å². The molecule has 0 aliphatic carbocycles. The number of anilines is 1. The molecule has 0 saturated carbocycles. The molecule has 0 unspecified atom stereocenters. The van der Waals surface area contributed by atoms with Gasteiger partial charge in [-0.05, 0) is 30.3 Å². The molecule has 1 heterocycles. The van der Waals surface area contributed by atoms with Gasteiger partial charge in [0.05, 0.1) is 27.3 Å². The monoisotopic (exact) mass is 456 g/mol. The molecule has 0 aliphatic rings. The smallest absolute Gasteiger partial charge is 0.278 e. The molecule has 0 saturated heterocycles. The van der Waals surface area contributed by atoms with E-state index in [1.165, 1.54) is 47.4 Å². The number of aliphatic imine (C=N–C) groups is 1. The van der Waals surface area contributed by atoms with Gasteiger partial charge in [0.2, 0.25) is 0 Å². The summed E-state index contributed by atoms with van der Waals surface area (Å²) >= 11 is 0. The molecule has 0 aliphatic heterocycles. The van der Waals surface area contributed by atoms with Crippen molar-refractivity contribution in [3.8, 4) is 5.69 Å². The van der Waals surface area contributed by atoms with E-state index in [0.29, 0.717) is 11.4 Å². The Balaban J connectivity index is 1.69. The molecule has 1 N–H and O–H groups in total. The molecule has 4 rings (SSSR count). The van der Waals surface area contributed by atoms with Gasteiger partial charge in [0.1, 0.15) is 5.69 Å². The minimum atomic E-state index is -0.599. The predicted octanol–water partition coefficient (Wildman–Crippen LogP) is 4.69. The number of benzene rings is 3. The number of non-ortho nitro benzene ring substituents is 1. The van der Waals surface area contributed by atoms with Crippen LogP contribution in [0.4, 0.5) is 22.7 Å². The lowest BCUT2D eigenvalue weighted by molar-refractivity contribution is -0.385. The van der Waals surface area contributed by atoms with E-state index in [0.717, 1.165) is 0 Å². The second kappa shape index (κ2) is 9.53. The highest BCUT2D eigenvalue weighted by Gasteiger charge is 2.19. The first-order valence-electron chi connectivity index (χ1n) is 9.91. The average molecular weight is 456 g/mol. The fourth-order valence-electron chi connectivity index (χ4n) is 3.09. The van der Waals surface area contributed by atoms with Gasteiger partial charge in [0, 0.05) is 30.1 Å². The number of hydrogen-bond donors (Lipinski definition) is 1. The lowest BCUT2D eigenvalue weighted by Crippen LogP contribution is -2.13. The van der Waals surface area contributed by atoms with Crippen LogP contribution in [0.15, 0.2) is 90.1 Å². The summed E-state index contributed by atoms with van der Waals surface area (Å²) in [4.78, 5) is 38.4. The summed E-state index contributed by atoms with van der Waals surface area (Å²) in [6.07, 6.45) is 2.83. The Morgan fingerprint density at radius 2 is 1.59 bits per heavy atom. The van der Waals surface area contributed by atoms with Crippen LogP contribution in [-0.2, 0) is 0 Å². The Labute approximate surface area is 192 Å². The van der Waals surface area contributed by atoms with Crippen molar-refractivity contribution in [3.05, 3.63) is 117 Å². The summed E-state index contributed by atoms with van der Waals surface area (Å²) in [6.45, 7) is 0. The zero-order chi connectivity index (χ0) is 24.1. The van der Waals surface area contributed by atoms with Gasteiger partial charge in [0.25, 0.3) is 17.3 Å². The summed E-state index contributed by atoms with van der Waals surface area (Å²) in [5.74, 6) is -0.599. The van der Waals surface area contributed by atoms with Gasteiger partial charge in [-0.25, -0.2) is 4.68 Å². The van der Waals surface area contributed by atoms with Crippen LogP contribution in [0.2, 0.25) is 0 Å². The highest BCUT2D eigenvalue weighted by atomic mass is 16.6. The van der Waals surface area contributed by atoms with Crippen molar-refractivity contribution in [1.29, 1.82) is 0 Å². The maximum atomic E-state index is 13.0. The largest absolute Gasteiger partial charge is 0.321 e. The number of nitrogens with one attached hydrogen (secondary N) is 1. The Bertz CT molecular complexity index is 1400. The van der Waals surface area contributed by atoms with Crippen molar-refractivity contribution < 1.29 is 14.6 Å². The predicted molar refractivity (Wildman–Crippen MR) is 125 cm³/mol. The van der Waals surface area contributed by atoms with Crippen LogP contribution in [0.3, 0.4) is 0 Å².